The van der Waals surface area contributed by atoms with Crippen LogP contribution in [0.2, 0.25) is 0 Å². The molecule has 2 N–H and O–H groups in total. The summed E-state index contributed by atoms with van der Waals surface area (Å²) >= 11 is 0. The Hall–Kier alpha value is -1.21. The van der Waals surface area contributed by atoms with Crippen LogP contribution in [0, 0.1) is 5.82 Å². The normalized spacial score (nSPS) is 12.7. The molecule has 0 aliphatic carbocycles. The lowest BCUT2D eigenvalue weighted by molar-refractivity contribution is 0.110. The number of benzene rings is 1. The number of nitrogens with zero attached hydrogens (tertiary/aromatic N) is 1. The maximum absolute atomic E-state index is 13.7. The molecule has 1 unspecified atom stereocenters. The van der Waals surface area contributed by atoms with Crippen molar-refractivity contribution in [3.05, 3.63) is 29.6 Å². The Balaban J connectivity index is 2.66. The summed E-state index contributed by atoms with van der Waals surface area (Å²) in [6.45, 7) is 3.36. The highest BCUT2D eigenvalue weighted by molar-refractivity contribution is 5.31. The standard InChI is InChI=1S/C15H25FN2O3/c1-19-8-6-18(7-9-20-2)11-14(17)12-4-5-15(21-3)13(16)10-12/h4-5,10,14H,6-9,11,17H2,1-3H3. The van der Waals surface area contributed by atoms with E-state index < -0.39 is 5.82 Å². The van der Waals surface area contributed by atoms with E-state index in [-0.39, 0.29) is 11.8 Å². The zero-order valence-corrected chi connectivity index (χ0v) is 13.0. The molecule has 0 saturated carbocycles. The summed E-state index contributed by atoms with van der Waals surface area (Å²) in [4.78, 5) is 2.14. The minimum atomic E-state index is -0.397. The van der Waals surface area contributed by atoms with E-state index in [1.807, 2.05) is 0 Å². The SMILES string of the molecule is COCCN(CCOC)CC(N)c1ccc(OC)c(F)c1. The van der Waals surface area contributed by atoms with Crippen molar-refractivity contribution in [2.75, 3.05) is 54.2 Å². The number of nitrogens with two attached hydrogens (primary N) is 1. The van der Waals surface area contributed by atoms with Gasteiger partial charge in [-0.1, -0.05) is 6.07 Å². The van der Waals surface area contributed by atoms with Gasteiger partial charge in [-0.25, -0.2) is 4.39 Å². The molecule has 0 amide bonds. The van der Waals surface area contributed by atoms with E-state index in [0.717, 1.165) is 18.7 Å². The van der Waals surface area contributed by atoms with Gasteiger partial charge in [0.1, 0.15) is 0 Å². The molecule has 1 aromatic carbocycles. The van der Waals surface area contributed by atoms with Gasteiger partial charge in [-0.05, 0) is 17.7 Å². The van der Waals surface area contributed by atoms with Gasteiger partial charge in [0.15, 0.2) is 11.6 Å². The molecular formula is C15H25FN2O3. The number of ether oxygens (including phenoxy) is 3. The number of hydrogen-bond acceptors (Lipinski definition) is 5. The second kappa shape index (κ2) is 9.68. The molecule has 0 spiro atoms. The topological polar surface area (TPSA) is 57.0 Å². The largest absolute Gasteiger partial charge is 0.494 e. The van der Waals surface area contributed by atoms with Crippen molar-refractivity contribution in [2.45, 2.75) is 6.04 Å². The van der Waals surface area contributed by atoms with Crippen LogP contribution in [0.3, 0.4) is 0 Å². The Kier molecular flexibility index (Phi) is 8.22. The summed E-state index contributed by atoms with van der Waals surface area (Å²) in [5.41, 5.74) is 6.91. The molecule has 0 heterocycles. The minimum Gasteiger partial charge on any atom is -0.494 e. The van der Waals surface area contributed by atoms with Crippen molar-refractivity contribution in [1.82, 2.24) is 4.90 Å². The fraction of sp³-hybridized carbons (Fsp3) is 0.600. The first-order valence-corrected chi connectivity index (χ1v) is 6.91. The molecule has 0 saturated heterocycles. The first kappa shape index (κ1) is 17.8. The average molecular weight is 300 g/mol. The molecule has 0 fully saturated rings. The fourth-order valence-electron chi connectivity index (χ4n) is 2.03. The summed E-state index contributed by atoms with van der Waals surface area (Å²) in [6.07, 6.45) is 0. The van der Waals surface area contributed by atoms with Crippen molar-refractivity contribution < 1.29 is 18.6 Å². The van der Waals surface area contributed by atoms with Gasteiger partial charge in [-0.15, -0.1) is 0 Å². The van der Waals surface area contributed by atoms with Crippen LogP contribution in [0.5, 0.6) is 5.75 Å². The van der Waals surface area contributed by atoms with Crippen molar-refractivity contribution in [3.8, 4) is 5.75 Å². The third kappa shape index (κ3) is 5.97. The highest BCUT2D eigenvalue weighted by atomic mass is 19.1. The average Bonchev–Trinajstić information content (AvgIpc) is 2.49. The smallest absolute Gasteiger partial charge is 0.165 e. The highest BCUT2D eigenvalue weighted by Crippen LogP contribution is 2.21. The summed E-state index contributed by atoms with van der Waals surface area (Å²) in [5.74, 6) is -0.174. The zero-order valence-electron chi connectivity index (χ0n) is 13.0. The van der Waals surface area contributed by atoms with Crippen molar-refractivity contribution in [3.63, 3.8) is 0 Å². The number of methoxy groups -OCH3 is 3. The van der Waals surface area contributed by atoms with Crippen molar-refractivity contribution in [2.24, 2.45) is 5.73 Å². The molecule has 0 bridgehead atoms. The number of hydrogen-bond donors (Lipinski definition) is 1. The summed E-state index contributed by atoms with van der Waals surface area (Å²) in [7, 11) is 4.76. The molecule has 1 rings (SSSR count). The number of halogens is 1. The van der Waals surface area contributed by atoms with Crippen LogP contribution in [0.4, 0.5) is 4.39 Å². The molecule has 1 atom stereocenters. The van der Waals surface area contributed by atoms with Gasteiger partial charge in [-0.3, -0.25) is 4.90 Å². The molecule has 0 aliphatic rings. The first-order chi connectivity index (χ1) is 10.1. The van der Waals surface area contributed by atoms with Crippen LogP contribution < -0.4 is 10.5 Å². The molecule has 5 nitrogen and oxygen atoms in total. The summed E-state index contributed by atoms with van der Waals surface area (Å²) in [6, 6.07) is 4.53. The lowest BCUT2D eigenvalue weighted by atomic mass is 10.1. The van der Waals surface area contributed by atoms with Crippen LogP contribution in [0.25, 0.3) is 0 Å². The lowest BCUT2D eigenvalue weighted by Gasteiger charge is -2.25. The Morgan fingerprint density at radius 2 is 1.76 bits per heavy atom. The van der Waals surface area contributed by atoms with Crippen LogP contribution >= 0.6 is 0 Å². The molecule has 0 aromatic heterocycles. The summed E-state index contributed by atoms with van der Waals surface area (Å²) < 4.78 is 28.8. The Labute approximate surface area is 125 Å². The highest BCUT2D eigenvalue weighted by Gasteiger charge is 2.14. The fourth-order valence-corrected chi connectivity index (χ4v) is 2.03. The molecular weight excluding hydrogens is 275 g/mol. The van der Waals surface area contributed by atoms with Gasteiger partial charge >= 0.3 is 0 Å². The molecule has 120 valence electrons. The zero-order chi connectivity index (χ0) is 15.7. The van der Waals surface area contributed by atoms with Gasteiger partial charge in [0.05, 0.1) is 20.3 Å². The lowest BCUT2D eigenvalue weighted by Crippen LogP contribution is -2.36. The molecule has 6 heteroatoms. The minimum absolute atomic E-state index is 0.224. The maximum Gasteiger partial charge on any atom is 0.165 e. The van der Waals surface area contributed by atoms with E-state index in [0.29, 0.717) is 19.8 Å². The monoisotopic (exact) mass is 300 g/mol. The molecule has 0 aliphatic heterocycles. The predicted octanol–water partition coefficient (Wildman–Crippen LogP) is 1.43. The maximum atomic E-state index is 13.7. The van der Waals surface area contributed by atoms with Crippen LogP contribution in [0.1, 0.15) is 11.6 Å². The predicted molar refractivity (Wildman–Crippen MR) is 80.1 cm³/mol. The van der Waals surface area contributed by atoms with Crippen molar-refractivity contribution in [1.29, 1.82) is 0 Å². The molecule has 1 aromatic rings. The Morgan fingerprint density at radius 3 is 2.24 bits per heavy atom. The van der Waals surface area contributed by atoms with Gasteiger partial charge < -0.3 is 19.9 Å². The Morgan fingerprint density at radius 1 is 1.14 bits per heavy atom. The van der Waals surface area contributed by atoms with Gasteiger partial charge in [0.2, 0.25) is 0 Å². The van der Waals surface area contributed by atoms with E-state index in [9.17, 15) is 4.39 Å². The third-order valence-electron chi connectivity index (χ3n) is 3.28. The van der Waals surface area contributed by atoms with Gasteiger partial charge in [0.25, 0.3) is 0 Å². The van der Waals surface area contributed by atoms with Crippen LogP contribution in [0.15, 0.2) is 18.2 Å². The number of rotatable bonds is 10. The van der Waals surface area contributed by atoms with E-state index >= 15 is 0 Å². The second-order valence-corrected chi connectivity index (χ2v) is 4.79. The van der Waals surface area contributed by atoms with E-state index in [2.05, 4.69) is 4.90 Å². The summed E-state index contributed by atoms with van der Waals surface area (Å²) in [5, 5.41) is 0. The quantitative estimate of drug-likeness (QED) is 0.708. The van der Waals surface area contributed by atoms with Crippen LogP contribution in [-0.2, 0) is 9.47 Å². The molecule has 21 heavy (non-hydrogen) atoms. The third-order valence-corrected chi connectivity index (χ3v) is 3.28. The van der Waals surface area contributed by atoms with Crippen LogP contribution in [-0.4, -0.2) is 59.1 Å². The van der Waals surface area contributed by atoms with E-state index in [1.54, 1.807) is 26.4 Å². The van der Waals surface area contributed by atoms with Crippen molar-refractivity contribution >= 4 is 0 Å². The van der Waals surface area contributed by atoms with Gasteiger partial charge in [-0.2, -0.15) is 0 Å². The molecule has 0 radical (unpaired) electrons. The Bertz CT molecular complexity index is 410. The second-order valence-electron chi connectivity index (χ2n) is 4.79. The first-order valence-electron chi connectivity index (χ1n) is 6.91. The van der Waals surface area contributed by atoms with E-state index in [1.165, 1.54) is 13.2 Å². The van der Waals surface area contributed by atoms with Gasteiger partial charge in [0, 0.05) is 39.9 Å². The van der Waals surface area contributed by atoms with E-state index in [4.69, 9.17) is 19.9 Å².